The summed E-state index contributed by atoms with van der Waals surface area (Å²) in [5.74, 6) is 0.0492. The number of carbonyl (C=O) groups excluding carboxylic acids is 2. The van der Waals surface area contributed by atoms with Gasteiger partial charge in [-0.3, -0.25) is 4.79 Å². The highest BCUT2D eigenvalue weighted by Crippen LogP contribution is 2.11. The van der Waals surface area contributed by atoms with Crippen molar-refractivity contribution in [3.8, 4) is 0 Å². The van der Waals surface area contributed by atoms with E-state index in [-0.39, 0.29) is 5.97 Å². The van der Waals surface area contributed by atoms with Gasteiger partial charge in [0.05, 0.1) is 12.2 Å². The molecule has 23 heavy (non-hydrogen) atoms. The number of ether oxygens (including phenoxy) is 1. The summed E-state index contributed by atoms with van der Waals surface area (Å²) in [5.41, 5.74) is 1.66. The Morgan fingerprint density at radius 1 is 0.870 bits per heavy atom. The molecule has 0 unspecified atom stereocenters. The van der Waals surface area contributed by atoms with E-state index in [2.05, 4.69) is 6.92 Å². The lowest BCUT2D eigenvalue weighted by molar-refractivity contribution is -0.119. The summed E-state index contributed by atoms with van der Waals surface area (Å²) in [7, 11) is 0. The highest BCUT2D eigenvalue weighted by Gasteiger charge is 2.07. The van der Waals surface area contributed by atoms with Gasteiger partial charge in [-0.25, -0.2) is 4.79 Å². The number of hydrogen-bond acceptors (Lipinski definition) is 3. The molecule has 1 aromatic rings. The van der Waals surface area contributed by atoms with Gasteiger partial charge in [-0.2, -0.15) is 0 Å². The van der Waals surface area contributed by atoms with Gasteiger partial charge in [0.2, 0.25) is 0 Å². The Labute approximate surface area is 140 Å². The first-order valence-electron chi connectivity index (χ1n) is 8.95. The van der Waals surface area contributed by atoms with Crippen LogP contribution in [0.25, 0.3) is 0 Å². The SMILES string of the molecule is CCCCCCCCC(=O)CCc1ccc(C(=O)OCC)cc1. The van der Waals surface area contributed by atoms with Crippen molar-refractivity contribution in [1.82, 2.24) is 0 Å². The average molecular weight is 318 g/mol. The van der Waals surface area contributed by atoms with E-state index in [0.29, 0.717) is 30.8 Å². The Morgan fingerprint density at radius 2 is 1.52 bits per heavy atom. The Morgan fingerprint density at radius 3 is 2.17 bits per heavy atom. The Hall–Kier alpha value is -1.64. The molecule has 3 heteroatoms. The minimum Gasteiger partial charge on any atom is -0.462 e. The highest BCUT2D eigenvalue weighted by atomic mass is 16.5. The topological polar surface area (TPSA) is 43.4 Å². The summed E-state index contributed by atoms with van der Waals surface area (Å²) in [6.45, 7) is 4.39. The van der Waals surface area contributed by atoms with E-state index in [1.54, 1.807) is 19.1 Å². The number of unbranched alkanes of at least 4 members (excludes halogenated alkanes) is 5. The van der Waals surface area contributed by atoms with Gasteiger partial charge in [0, 0.05) is 12.8 Å². The van der Waals surface area contributed by atoms with Crippen LogP contribution in [0.3, 0.4) is 0 Å². The number of ketones is 1. The van der Waals surface area contributed by atoms with Crippen LogP contribution in [-0.2, 0) is 16.0 Å². The fraction of sp³-hybridized carbons (Fsp3) is 0.600. The molecule has 1 rings (SSSR count). The minimum absolute atomic E-state index is 0.293. The zero-order chi connectivity index (χ0) is 16.9. The summed E-state index contributed by atoms with van der Waals surface area (Å²) >= 11 is 0. The Bertz CT molecular complexity index is 462. The number of aryl methyl sites for hydroxylation is 1. The van der Waals surface area contributed by atoms with Gasteiger partial charge >= 0.3 is 5.97 Å². The maximum atomic E-state index is 11.9. The van der Waals surface area contributed by atoms with Gasteiger partial charge < -0.3 is 4.74 Å². The molecule has 0 radical (unpaired) electrons. The second-order valence-electron chi connectivity index (χ2n) is 5.97. The van der Waals surface area contributed by atoms with Crippen molar-refractivity contribution < 1.29 is 14.3 Å². The van der Waals surface area contributed by atoms with E-state index in [1.165, 1.54) is 32.1 Å². The minimum atomic E-state index is -0.293. The van der Waals surface area contributed by atoms with Crippen molar-refractivity contribution >= 4 is 11.8 Å². The zero-order valence-corrected chi connectivity index (χ0v) is 14.6. The van der Waals surface area contributed by atoms with Gasteiger partial charge in [0.15, 0.2) is 0 Å². The van der Waals surface area contributed by atoms with E-state index in [4.69, 9.17) is 4.74 Å². The van der Waals surface area contributed by atoms with Gasteiger partial charge in [0.1, 0.15) is 5.78 Å². The first-order chi connectivity index (χ1) is 11.2. The fourth-order valence-corrected chi connectivity index (χ4v) is 2.53. The summed E-state index contributed by atoms with van der Waals surface area (Å²) in [6.07, 6.45) is 9.32. The lowest BCUT2D eigenvalue weighted by atomic mass is 10.0. The Kier molecular flexibility index (Phi) is 10.0. The summed E-state index contributed by atoms with van der Waals surface area (Å²) in [4.78, 5) is 23.4. The van der Waals surface area contributed by atoms with Crippen LogP contribution >= 0.6 is 0 Å². The monoisotopic (exact) mass is 318 g/mol. The van der Waals surface area contributed by atoms with Crippen LogP contribution in [0.1, 0.15) is 81.1 Å². The molecule has 0 aromatic heterocycles. The lowest BCUT2D eigenvalue weighted by Crippen LogP contribution is -2.05. The van der Waals surface area contributed by atoms with Crippen LogP contribution in [0.4, 0.5) is 0 Å². The van der Waals surface area contributed by atoms with Crippen molar-refractivity contribution in [2.45, 2.75) is 71.6 Å². The van der Waals surface area contributed by atoms with Crippen molar-refractivity contribution in [2.75, 3.05) is 6.61 Å². The Balaban J connectivity index is 2.21. The van der Waals surface area contributed by atoms with Crippen molar-refractivity contribution in [1.29, 1.82) is 0 Å². The van der Waals surface area contributed by atoms with E-state index in [0.717, 1.165) is 18.4 Å². The molecular formula is C20H30O3. The second-order valence-corrected chi connectivity index (χ2v) is 5.97. The first kappa shape index (κ1) is 19.4. The molecule has 0 fully saturated rings. The lowest BCUT2D eigenvalue weighted by Gasteiger charge is -2.04. The number of rotatable bonds is 12. The number of benzene rings is 1. The third kappa shape index (κ3) is 8.53. The van der Waals surface area contributed by atoms with Gasteiger partial charge in [0.25, 0.3) is 0 Å². The van der Waals surface area contributed by atoms with E-state index in [1.807, 2.05) is 12.1 Å². The maximum Gasteiger partial charge on any atom is 0.338 e. The second kappa shape index (κ2) is 11.9. The summed E-state index contributed by atoms with van der Waals surface area (Å²) < 4.78 is 4.95. The molecule has 0 atom stereocenters. The first-order valence-corrected chi connectivity index (χ1v) is 8.95. The van der Waals surface area contributed by atoms with E-state index >= 15 is 0 Å². The molecule has 0 N–H and O–H groups in total. The van der Waals surface area contributed by atoms with Crippen LogP contribution in [0, 0.1) is 0 Å². The zero-order valence-electron chi connectivity index (χ0n) is 14.6. The molecule has 0 bridgehead atoms. The predicted octanol–water partition coefficient (Wildman–Crippen LogP) is 5.12. The smallest absolute Gasteiger partial charge is 0.338 e. The highest BCUT2D eigenvalue weighted by molar-refractivity contribution is 5.89. The molecule has 1 aromatic carbocycles. The average Bonchev–Trinajstić information content (AvgIpc) is 2.57. The van der Waals surface area contributed by atoms with E-state index < -0.39 is 0 Å². The number of hydrogen-bond donors (Lipinski definition) is 0. The van der Waals surface area contributed by atoms with Gasteiger partial charge in [-0.1, -0.05) is 51.2 Å². The van der Waals surface area contributed by atoms with Crippen LogP contribution < -0.4 is 0 Å². The largest absolute Gasteiger partial charge is 0.462 e. The predicted molar refractivity (Wildman–Crippen MR) is 93.7 cm³/mol. The molecule has 0 aliphatic rings. The normalized spacial score (nSPS) is 10.5. The van der Waals surface area contributed by atoms with Crippen molar-refractivity contribution in [2.24, 2.45) is 0 Å². The van der Waals surface area contributed by atoms with E-state index in [9.17, 15) is 9.59 Å². The number of carbonyl (C=O) groups is 2. The third-order valence-corrected chi connectivity index (χ3v) is 3.97. The van der Waals surface area contributed by atoms with Crippen LogP contribution in [0.15, 0.2) is 24.3 Å². The summed E-state index contributed by atoms with van der Waals surface area (Å²) in [6, 6.07) is 7.35. The molecule has 0 aliphatic heterocycles. The molecule has 0 amide bonds. The molecule has 0 saturated heterocycles. The third-order valence-electron chi connectivity index (χ3n) is 3.97. The maximum absolute atomic E-state index is 11.9. The van der Waals surface area contributed by atoms with Gasteiger partial charge in [-0.15, -0.1) is 0 Å². The standard InChI is InChI=1S/C20H30O3/c1-3-5-6-7-8-9-10-19(21)16-13-17-11-14-18(15-12-17)20(22)23-4-2/h11-12,14-15H,3-10,13,16H2,1-2H3. The quantitative estimate of drug-likeness (QED) is 0.397. The molecule has 0 saturated carbocycles. The number of esters is 1. The van der Waals surface area contributed by atoms with Gasteiger partial charge in [-0.05, 0) is 37.5 Å². The van der Waals surface area contributed by atoms with Crippen LogP contribution in [-0.4, -0.2) is 18.4 Å². The molecule has 0 aliphatic carbocycles. The molecular weight excluding hydrogens is 288 g/mol. The molecule has 0 spiro atoms. The molecule has 3 nitrogen and oxygen atoms in total. The van der Waals surface area contributed by atoms with Crippen LogP contribution in [0.5, 0.6) is 0 Å². The van der Waals surface area contributed by atoms with Crippen molar-refractivity contribution in [3.63, 3.8) is 0 Å². The summed E-state index contributed by atoms with van der Waals surface area (Å²) in [5, 5.41) is 0. The number of Topliss-reactive ketones (excluding diaryl/α,β-unsaturated/α-hetero) is 1. The molecule has 0 heterocycles. The van der Waals surface area contributed by atoms with Crippen molar-refractivity contribution in [3.05, 3.63) is 35.4 Å². The fourth-order valence-electron chi connectivity index (χ4n) is 2.53. The molecule has 128 valence electrons. The van der Waals surface area contributed by atoms with Crippen LogP contribution in [0.2, 0.25) is 0 Å².